The maximum Gasteiger partial charge on any atom is 0.435 e. The van der Waals surface area contributed by atoms with E-state index >= 15 is 4.39 Å². The highest BCUT2D eigenvalue weighted by molar-refractivity contribution is 9.11. The predicted octanol–water partition coefficient (Wildman–Crippen LogP) is 8.48. The molecule has 0 aliphatic heterocycles. The summed E-state index contributed by atoms with van der Waals surface area (Å²) in [7, 11) is 0. The highest BCUT2D eigenvalue weighted by atomic mass is 79.9. The van der Waals surface area contributed by atoms with Crippen molar-refractivity contribution in [1.29, 1.82) is 5.26 Å². The van der Waals surface area contributed by atoms with E-state index in [0.29, 0.717) is 17.2 Å². The fourth-order valence-corrected chi connectivity index (χ4v) is 5.03. The van der Waals surface area contributed by atoms with Crippen molar-refractivity contribution in [2.45, 2.75) is 24.2 Å². The van der Waals surface area contributed by atoms with Gasteiger partial charge in [0.25, 0.3) is 11.8 Å². The van der Waals surface area contributed by atoms with Crippen LogP contribution < -0.4 is 10.2 Å². The van der Waals surface area contributed by atoms with Crippen LogP contribution in [0.4, 0.5) is 59.7 Å². The van der Waals surface area contributed by atoms with Gasteiger partial charge < -0.3 is 5.32 Å². The number of alkyl halides is 10. The molecule has 0 fully saturated rings. The minimum atomic E-state index is -6.43. The molecule has 44 heavy (non-hydrogen) atoms. The first-order valence-electron chi connectivity index (χ1n) is 11.3. The van der Waals surface area contributed by atoms with Gasteiger partial charge in [0.2, 0.25) is 0 Å². The van der Waals surface area contributed by atoms with Crippen molar-refractivity contribution < 1.29 is 57.9 Å². The van der Waals surface area contributed by atoms with Gasteiger partial charge in [0, 0.05) is 20.7 Å². The number of nitrogens with one attached hydrogen (secondary N) is 1. The summed E-state index contributed by atoms with van der Waals surface area (Å²) in [6.07, 6.45) is -17.2. The van der Waals surface area contributed by atoms with Crippen molar-refractivity contribution in [3.63, 3.8) is 0 Å². The summed E-state index contributed by atoms with van der Waals surface area (Å²) in [5, 5.41) is 11.2. The number of nitrogens with zero attached hydrogens (tertiary/aromatic N) is 3. The molecule has 0 spiro atoms. The number of rotatable bonds is 6. The van der Waals surface area contributed by atoms with E-state index in [1.807, 2.05) is 5.32 Å². The first-order chi connectivity index (χ1) is 20.1. The Morgan fingerprint density at radius 3 is 1.93 bits per heavy atom. The number of anilines is 2. The Morgan fingerprint density at radius 1 is 0.909 bits per heavy atom. The quantitative estimate of drug-likeness (QED) is 0.202. The number of nitriles is 1. The van der Waals surface area contributed by atoms with Crippen LogP contribution in [0, 0.1) is 17.1 Å². The standard InChI is InChI=1S/C25H11Br2F11N4O2/c26-14-8-12(22(29,24(33,34)35)25(36,37)38)9-15(27)19(14)41-20(43)13-2-1-3-16(18(13)28)42(7-6-39)21(44)11-4-5-17(40-10-11)23(30,31)32/h1-5,8-10H,7H2,(H,41,43). The van der Waals surface area contributed by atoms with Gasteiger partial charge in [-0.05, 0) is 68.3 Å². The number of hydrogen-bond donors (Lipinski definition) is 1. The van der Waals surface area contributed by atoms with E-state index in [9.17, 15) is 53.5 Å². The number of hydrogen-bond acceptors (Lipinski definition) is 4. The van der Waals surface area contributed by atoms with Gasteiger partial charge in [0.1, 0.15) is 12.2 Å². The van der Waals surface area contributed by atoms with Crippen LogP contribution in [0.2, 0.25) is 0 Å². The lowest BCUT2D eigenvalue weighted by Crippen LogP contribution is -2.50. The van der Waals surface area contributed by atoms with Crippen molar-refractivity contribution in [3.8, 4) is 6.07 Å². The van der Waals surface area contributed by atoms with Crippen LogP contribution in [0.5, 0.6) is 0 Å². The number of amides is 2. The second kappa shape index (κ2) is 12.3. The second-order valence-corrected chi connectivity index (χ2v) is 10.2. The van der Waals surface area contributed by atoms with E-state index in [4.69, 9.17) is 5.26 Å². The summed E-state index contributed by atoms with van der Waals surface area (Å²) >= 11 is 5.32. The SMILES string of the molecule is N#CCN(C(=O)c1ccc(C(F)(F)F)nc1)c1cccc(C(=O)Nc2c(Br)cc(C(F)(C(F)(F)F)C(F)(F)F)cc2Br)c1F. The van der Waals surface area contributed by atoms with E-state index in [1.165, 1.54) is 0 Å². The molecule has 2 aromatic carbocycles. The molecule has 0 saturated carbocycles. The van der Waals surface area contributed by atoms with Crippen LogP contribution in [0.15, 0.2) is 57.6 Å². The summed E-state index contributed by atoms with van der Waals surface area (Å²) in [6, 6.07) is 5.80. The van der Waals surface area contributed by atoms with Crippen LogP contribution in [0.25, 0.3) is 0 Å². The molecule has 1 heterocycles. The third-order valence-electron chi connectivity index (χ3n) is 5.75. The van der Waals surface area contributed by atoms with E-state index in [1.54, 1.807) is 6.07 Å². The van der Waals surface area contributed by atoms with Crippen molar-refractivity contribution in [3.05, 3.63) is 85.8 Å². The fraction of sp³-hybridized carbons (Fsp3) is 0.200. The average molecular weight is 768 g/mol. The molecule has 0 atom stereocenters. The molecule has 3 rings (SSSR count). The Hall–Kier alpha value is -3.79. The van der Waals surface area contributed by atoms with E-state index in [0.717, 1.165) is 24.3 Å². The Bertz CT molecular complexity index is 1600. The molecule has 2 amide bonds. The number of carbonyl (C=O) groups excluding carboxylic acids is 2. The highest BCUT2D eigenvalue weighted by Gasteiger charge is 2.73. The third-order valence-corrected chi connectivity index (χ3v) is 7.00. The zero-order chi connectivity index (χ0) is 33.4. The summed E-state index contributed by atoms with van der Waals surface area (Å²) in [6.45, 7) is -0.857. The first kappa shape index (κ1) is 34.7. The lowest BCUT2D eigenvalue weighted by atomic mass is 9.94. The Kier molecular flexibility index (Phi) is 9.70. The average Bonchev–Trinajstić information content (AvgIpc) is 2.91. The molecule has 19 heteroatoms. The van der Waals surface area contributed by atoms with E-state index in [-0.39, 0.29) is 12.1 Å². The van der Waals surface area contributed by atoms with Gasteiger partial charge in [-0.25, -0.2) is 8.78 Å². The Balaban J connectivity index is 1.99. The van der Waals surface area contributed by atoms with Gasteiger partial charge in [-0.3, -0.25) is 19.5 Å². The number of carbonyl (C=O) groups is 2. The van der Waals surface area contributed by atoms with Crippen LogP contribution >= 0.6 is 31.9 Å². The van der Waals surface area contributed by atoms with Gasteiger partial charge in [-0.15, -0.1) is 0 Å². The van der Waals surface area contributed by atoms with Crippen molar-refractivity contribution in [1.82, 2.24) is 4.98 Å². The highest BCUT2D eigenvalue weighted by Crippen LogP contribution is 2.54. The van der Waals surface area contributed by atoms with Crippen LogP contribution in [-0.4, -0.2) is 35.7 Å². The molecule has 3 aromatic rings. The fourth-order valence-electron chi connectivity index (χ4n) is 3.64. The second-order valence-electron chi connectivity index (χ2n) is 8.54. The Labute approximate surface area is 255 Å². The van der Waals surface area contributed by atoms with Crippen LogP contribution in [0.1, 0.15) is 32.0 Å². The van der Waals surface area contributed by atoms with Crippen molar-refractivity contribution in [2.75, 3.05) is 16.8 Å². The summed E-state index contributed by atoms with van der Waals surface area (Å²) < 4.78 is 146. The molecule has 6 nitrogen and oxygen atoms in total. The lowest BCUT2D eigenvalue weighted by molar-refractivity contribution is -0.348. The van der Waals surface area contributed by atoms with Crippen molar-refractivity contribution >= 4 is 55.0 Å². The zero-order valence-electron chi connectivity index (χ0n) is 20.9. The molecule has 0 unspecified atom stereocenters. The molecule has 0 aliphatic rings. The minimum Gasteiger partial charge on any atom is -0.320 e. The van der Waals surface area contributed by atoms with E-state index < -0.39 is 91.1 Å². The van der Waals surface area contributed by atoms with Crippen molar-refractivity contribution in [2.24, 2.45) is 0 Å². The summed E-state index contributed by atoms with van der Waals surface area (Å²) in [5.41, 5.74) is -11.6. The maximum absolute atomic E-state index is 15.5. The van der Waals surface area contributed by atoms with Gasteiger partial charge in [0.05, 0.1) is 28.6 Å². The molecule has 234 valence electrons. The maximum atomic E-state index is 15.5. The molecular formula is C25H11Br2F11N4O2. The smallest absolute Gasteiger partial charge is 0.320 e. The molecular weight excluding hydrogens is 757 g/mol. The number of halogens is 13. The normalized spacial score (nSPS) is 12.5. The van der Waals surface area contributed by atoms with Crippen LogP contribution in [0.3, 0.4) is 0 Å². The Morgan fingerprint density at radius 2 is 1.48 bits per heavy atom. The zero-order valence-corrected chi connectivity index (χ0v) is 24.1. The van der Waals surface area contributed by atoms with Crippen LogP contribution in [-0.2, 0) is 11.8 Å². The van der Waals surface area contributed by atoms with Gasteiger partial charge in [0.15, 0.2) is 5.82 Å². The van der Waals surface area contributed by atoms with E-state index in [2.05, 4.69) is 36.8 Å². The van der Waals surface area contributed by atoms with Gasteiger partial charge >= 0.3 is 24.2 Å². The first-order valence-corrected chi connectivity index (χ1v) is 12.9. The monoisotopic (exact) mass is 766 g/mol. The predicted molar refractivity (Wildman–Crippen MR) is 138 cm³/mol. The number of pyridine rings is 1. The van der Waals surface area contributed by atoms with Gasteiger partial charge in [-0.1, -0.05) is 6.07 Å². The molecule has 1 aromatic heterocycles. The molecule has 1 N–H and O–H groups in total. The summed E-state index contributed by atoms with van der Waals surface area (Å²) in [5.74, 6) is -4.00. The molecule has 0 bridgehead atoms. The number of aromatic nitrogens is 1. The number of benzene rings is 2. The molecule has 0 saturated heterocycles. The molecule has 0 radical (unpaired) electrons. The van der Waals surface area contributed by atoms with Gasteiger partial charge in [-0.2, -0.15) is 44.8 Å². The largest absolute Gasteiger partial charge is 0.435 e. The lowest BCUT2D eigenvalue weighted by Gasteiger charge is -2.31. The minimum absolute atomic E-state index is 0.111. The topological polar surface area (TPSA) is 86.1 Å². The third kappa shape index (κ3) is 6.65. The summed E-state index contributed by atoms with van der Waals surface area (Å²) in [4.78, 5) is 29.5. The molecule has 0 aliphatic carbocycles.